The lowest BCUT2D eigenvalue weighted by atomic mass is 10.0. The molecule has 90 heavy (non-hydrogen) atoms. The van der Waals surface area contributed by atoms with Crippen molar-refractivity contribution in [2.75, 3.05) is 13.2 Å². The van der Waals surface area contributed by atoms with Crippen molar-refractivity contribution in [2.24, 2.45) is 0 Å². The lowest BCUT2D eigenvalue weighted by Crippen LogP contribution is -2.28. The van der Waals surface area contributed by atoms with Crippen LogP contribution in [0.3, 0.4) is 0 Å². The highest BCUT2D eigenvalue weighted by atomic mass is 16.6. The Kier molecular flexibility index (Phi) is 75.3. The second-order valence-electron chi connectivity index (χ2n) is 25.3. The van der Waals surface area contributed by atoms with E-state index in [4.69, 9.17) is 9.47 Å². The van der Waals surface area contributed by atoms with Crippen molar-refractivity contribution >= 4 is 11.9 Å². The van der Waals surface area contributed by atoms with Crippen LogP contribution in [0.2, 0.25) is 0 Å². The highest BCUT2D eigenvalue weighted by Crippen LogP contribution is 2.18. The summed E-state index contributed by atoms with van der Waals surface area (Å²) in [7, 11) is 0. The maximum Gasteiger partial charge on any atom is 0.306 e. The molecular formula is C85H144O5. The molecular weight excluding hydrogens is 1100 g/mol. The highest BCUT2D eigenvalue weighted by Gasteiger charge is 2.16. The Bertz CT molecular complexity index is 1850. The summed E-state index contributed by atoms with van der Waals surface area (Å²) < 4.78 is 10.8. The van der Waals surface area contributed by atoms with Gasteiger partial charge in [-0.25, -0.2) is 0 Å². The quantitative estimate of drug-likeness (QED) is 0.0373. The van der Waals surface area contributed by atoms with E-state index in [1.807, 2.05) is 0 Å². The van der Waals surface area contributed by atoms with Gasteiger partial charge in [0.05, 0.1) is 6.61 Å². The molecule has 0 aromatic carbocycles. The number of aliphatic hydroxyl groups is 1. The van der Waals surface area contributed by atoms with Crippen molar-refractivity contribution in [3.05, 3.63) is 146 Å². The third-order valence-corrected chi connectivity index (χ3v) is 16.6. The summed E-state index contributed by atoms with van der Waals surface area (Å²) in [5, 5.41) is 9.71. The fourth-order valence-electron chi connectivity index (χ4n) is 10.9. The van der Waals surface area contributed by atoms with Crippen LogP contribution < -0.4 is 0 Å². The summed E-state index contributed by atoms with van der Waals surface area (Å²) in [6.45, 7) is 4.02. The van der Waals surface area contributed by atoms with Crippen LogP contribution in [0.15, 0.2) is 146 Å². The van der Waals surface area contributed by atoms with Crippen molar-refractivity contribution in [3.8, 4) is 0 Å². The van der Waals surface area contributed by atoms with Gasteiger partial charge in [0.1, 0.15) is 6.61 Å². The minimum atomic E-state index is -0.796. The molecule has 0 heterocycles. The molecule has 0 saturated heterocycles. The minimum Gasteiger partial charge on any atom is -0.462 e. The van der Waals surface area contributed by atoms with Crippen LogP contribution in [0.5, 0.6) is 0 Å². The standard InChI is InChI=1S/C85H144O5/c1-3-5-7-9-11-13-15-17-19-21-23-25-27-29-31-33-35-37-39-40-41-42-43-44-46-47-49-51-53-55-57-59-61-63-65-67-69-71-73-75-77-79-84(87)89-82-83(81-86)90-85(88)80-78-76-74-72-70-68-66-64-62-60-58-56-54-52-50-48-45-38-36-34-32-30-28-26-24-22-20-18-16-14-12-10-8-6-4-2/h6,8,12,14-15,17-18,20-21,23-24,26,30,32,36,38,48,50,54,56,60,62,66,68,83,86H,3-5,7,9-11,13,16,19,22,25,27-29,31,33-35,37,39-47,49,51-53,55,57-59,61,63-65,67,69-82H2,1-2H3/b8-6-,14-12-,17-15-,20-18-,23-21-,26-24-,32-30-,38-36-,50-48-,56-54-,62-60-,68-66-. The number of hydrogen-bond acceptors (Lipinski definition) is 5. The maximum absolute atomic E-state index is 12.4. The number of allylic oxidation sites excluding steroid dienone is 24. The minimum absolute atomic E-state index is 0.0813. The molecule has 5 heteroatoms. The maximum atomic E-state index is 12.4. The van der Waals surface area contributed by atoms with E-state index in [1.165, 1.54) is 212 Å². The van der Waals surface area contributed by atoms with E-state index in [2.05, 4.69) is 160 Å². The van der Waals surface area contributed by atoms with Gasteiger partial charge in [-0.2, -0.15) is 0 Å². The van der Waals surface area contributed by atoms with Crippen LogP contribution in [-0.2, 0) is 19.1 Å². The van der Waals surface area contributed by atoms with Gasteiger partial charge in [0.15, 0.2) is 6.10 Å². The van der Waals surface area contributed by atoms with Crippen LogP contribution in [0, 0.1) is 0 Å². The molecule has 0 fully saturated rings. The van der Waals surface area contributed by atoms with Gasteiger partial charge < -0.3 is 14.6 Å². The summed E-state index contributed by atoms with van der Waals surface area (Å²) in [5.41, 5.74) is 0. The first-order valence-electron chi connectivity index (χ1n) is 38.4. The zero-order valence-electron chi connectivity index (χ0n) is 59.1. The van der Waals surface area contributed by atoms with E-state index in [1.54, 1.807) is 0 Å². The van der Waals surface area contributed by atoms with Crippen molar-refractivity contribution in [2.45, 2.75) is 367 Å². The van der Waals surface area contributed by atoms with E-state index in [0.29, 0.717) is 12.8 Å². The van der Waals surface area contributed by atoms with Crippen molar-refractivity contribution in [1.29, 1.82) is 0 Å². The number of ether oxygens (including phenoxy) is 2. The summed E-state index contributed by atoms with van der Waals surface area (Å²) in [6, 6.07) is 0. The molecule has 0 aromatic rings. The van der Waals surface area contributed by atoms with Crippen molar-refractivity contribution in [3.63, 3.8) is 0 Å². The normalized spacial score (nSPS) is 13.1. The molecule has 0 amide bonds. The van der Waals surface area contributed by atoms with E-state index in [-0.39, 0.29) is 25.2 Å². The largest absolute Gasteiger partial charge is 0.462 e. The number of carbonyl (C=O) groups is 2. The summed E-state index contributed by atoms with van der Waals surface area (Å²) in [4.78, 5) is 24.7. The van der Waals surface area contributed by atoms with Gasteiger partial charge >= 0.3 is 11.9 Å². The van der Waals surface area contributed by atoms with E-state index >= 15 is 0 Å². The first kappa shape index (κ1) is 85.8. The Balaban J connectivity index is 3.50. The molecule has 0 aliphatic rings. The molecule has 0 radical (unpaired) electrons. The molecule has 1 atom stereocenters. The molecule has 0 saturated carbocycles. The molecule has 1 N–H and O–H groups in total. The van der Waals surface area contributed by atoms with Gasteiger partial charge in [-0.1, -0.05) is 372 Å². The van der Waals surface area contributed by atoms with E-state index < -0.39 is 6.10 Å². The highest BCUT2D eigenvalue weighted by molar-refractivity contribution is 5.70. The zero-order chi connectivity index (χ0) is 64.7. The average Bonchev–Trinajstić information content (AvgIpc) is 3.58. The number of hydrogen-bond donors (Lipinski definition) is 1. The predicted octanol–water partition coefficient (Wildman–Crippen LogP) is 27.2. The Morgan fingerprint density at radius 3 is 0.722 bits per heavy atom. The molecule has 1 unspecified atom stereocenters. The Morgan fingerprint density at radius 2 is 0.478 bits per heavy atom. The fourth-order valence-corrected chi connectivity index (χ4v) is 10.9. The van der Waals surface area contributed by atoms with Crippen LogP contribution in [-0.4, -0.2) is 36.4 Å². The molecule has 0 aliphatic heterocycles. The summed E-state index contributed by atoms with van der Waals surface area (Å²) in [6.07, 6.45) is 119. The Hall–Kier alpha value is -4.22. The van der Waals surface area contributed by atoms with E-state index in [0.717, 1.165) is 122 Å². The van der Waals surface area contributed by atoms with Gasteiger partial charge in [-0.05, 0) is 122 Å². The number of carbonyl (C=O) groups excluding carboxylic acids is 2. The van der Waals surface area contributed by atoms with Gasteiger partial charge in [-0.15, -0.1) is 0 Å². The van der Waals surface area contributed by atoms with Gasteiger partial charge in [0, 0.05) is 12.8 Å². The van der Waals surface area contributed by atoms with Crippen molar-refractivity contribution < 1.29 is 24.2 Å². The lowest BCUT2D eigenvalue weighted by Gasteiger charge is -2.15. The summed E-state index contributed by atoms with van der Waals surface area (Å²) >= 11 is 0. The van der Waals surface area contributed by atoms with Crippen LogP contribution >= 0.6 is 0 Å². The second-order valence-corrected chi connectivity index (χ2v) is 25.3. The smallest absolute Gasteiger partial charge is 0.306 e. The molecule has 0 aliphatic carbocycles. The molecule has 0 rings (SSSR count). The van der Waals surface area contributed by atoms with Crippen LogP contribution in [0.1, 0.15) is 361 Å². The Labute approximate surface area is 558 Å². The third kappa shape index (κ3) is 76.2. The van der Waals surface area contributed by atoms with Crippen LogP contribution in [0.4, 0.5) is 0 Å². The summed E-state index contributed by atoms with van der Waals surface area (Å²) in [5.74, 6) is -0.615. The first-order valence-corrected chi connectivity index (χ1v) is 38.4. The number of esters is 2. The number of rotatable bonds is 70. The molecule has 0 spiro atoms. The van der Waals surface area contributed by atoms with Crippen LogP contribution in [0.25, 0.3) is 0 Å². The fraction of sp³-hybridized carbons (Fsp3) is 0.694. The Morgan fingerprint density at radius 1 is 0.267 bits per heavy atom. The molecule has 0 aromatic heterocycles. The predicted molar refractivity (Wildman–Crippen MR) is 398 cm³/mol. The van der Waals surface area contributed by atoms with E-state index in [9.17, 15) is 14.7 Å². The van der Waals surface area contributed by atoms with Gasteiger partial charge in [0.2, 0.25) is 0 Å². The van der Waals surface area contributed by atoms with Gasteiger partial charge in [-0.3, -0.25) is 9.59 Å². The third-order valence-electron chi connectivity index (χ3n) is 16.6. The first-order chi connectivity index (χ1) is 44.6. The lowest BCUT2D eigenvalue weighted by molar-refractivity contribution is -0.161. The average molecular weight is 1250 g/mol. The molecule has 514 valence electrons. The number of unbranched alkanes of at least 4 members (excludes halogenated alkanes) is 38. The number of aliphatic hydroxyl groups excluding tert-OH is 1. The molecule has 5 nitrogen and oxygen atoms in total. The topological polar surface area (TPSA) is 72.8 Å². The van der Waals surface area contributed by atoms with Gasteiger partial charge in [0.25, 0.3) is 0 Å². The molecule has 0 bridgehead atoms. The van der Waals surface area contributed by atoms with Crippen molar-refractivity contribution in [1.82, 2.24) is 0 Å². The zero-order valence-corrected chi connectivity index (χ0v) is 59.1. The second kappa shape index (κ2) is 79.0. The monoisotopic (exact) mass is 1250 g/mol. The SMILES string of the molecule is CC/C=C\C/C=C\C/C=C\C/C=C\C/C=C\C/C=C\C/C=C\C/C=C\C/C=C\C/C=C\CCCCCCC(=O)OC(CO)COC(=O)CCCCCCCCCCCCCCCCCCCCCCCCCCCCCCC/C=C\C/C=C\CCCCCCC.